The first-order valence-corrected chi connectivity index (χ1v) is 9.80. The normalized spacial score (nSPS) is 22.7. The molecule has 2 saturated heterocycles. The summed E-state index contributed by atoms with van der Waals surface area (Å²) >= 11 is 0. The second-order valence-electron chi connectivity index (χ2n) is 5.82. The topological polar surface area (TPSA) is 83.0 Å². The van der Waals surface area contributed by atoms with Crippen LogP contribution in [0.3, 0.4) is 0 Å². The van der Waals surface area contributed by atoms with Gasteiger partial charge in [0.1, 0.15) is 0 Å². The Bertz CT molecular complexity index is 461. The van der Waals surface area contributed by atoms with Crippen molar-refractivity contribution in [2.45, 2.75) is 38.2 Å². The molecule has 2 N–H and O–H groups in total. The number of rotatable bonds is 6. The smallest absolute Gasteiger partial charge is 0.213 e. The van der Waals surface area contributed by atoms with E-state index in [0.29, 0.717) is 13.1 Å². The molecule has 1 unspecified atom stereocenters. The molecule has 0 bridgehead atoms. The Morgan fingerprint density at radius 3 is 2.61 bits per heavy atom. The third-order valence-corrected chi connectivity index (χ3v) is 5.42. The highest BCUT2D eigenvalue weighted by atomic mass is 127. The highest BCUT2D eigenvalue weighted by Gasteiger charge is 2.19. The lowest BCUT2D eigenvalue weighted by Crippen LogP contribution is -2.43. The SMILES string of the molecule is CN=C(NCCS(=O)(=O)NCC1CCCCO1)N1CCCC1.I. The molecule has 2 rings (SSSR count). The lowest BCUT2D eigenvalue weighted by atomic mass is 10.1. The molecule has 0 spiro atoms. The Hall–Kier alpha value is -0.130. The molecule has 0 aromatic rings. The van der Waals surface area contributed by atoms with Gasteiger partial charge in [-0.25, -0.2) is 13.1 Å². The lowest BCUT2D eigenvalue weighted by molar-refractivity contribution is 0.0200. The fraction of sp³-hybridized carbons (Fsp3) is 0.929. The molecule has 0 aliphatic carbocycles. The standard InChI is InChI=1S/C14H28N4O3S.HI/c1-15-14(18-8-3-4-9-18)16-7-11-22(19,20)17-12-13-6-2-5-10-21-13;/h13,17H,2-12H2,1H3,(H,15,16);1H. The Labute approximate surface area is 156 Å². The Kier molecular flexibility index (Phi) is 9.71. The van der Waals surface area contributed by atoms with Crippen molar-refractivity contribution in [2.24, 2.45) is 4.99 Å². The van der Waals surface area contributed by atoms with Crippen LogP contribution in [0.5, 0.6) is 0 Å². The van der Waals surface area contributed by atoms with Gasteiger partial charge in [0.2, 0.25) is 10.0 Å². The molecule has 2 fully saturated rings. The number of hydrogen-bond donors (Lipinski definition) is 2. The van der Waals surface area contributed by atoms with Crippen LogP contribution in [0, 0.1) is 0 Å². The molecular weight excluding hydrogens is 431 g/mol. The van der Waals surface area contributed by atoms with Crippen LogP contribution < -0.4 is 10.0 Å². The highest BCUT2D eigenvalue weighted by molar-refractivity contribution is 14.0. The number of aliphatic imine (C=N–C) groups is 1. The number of hydrogen-bond acceptors (Lipinski definition) is 4. The second-order valence-corrected chi connectivity index (χ2v) is 7.75. The zero-order valence-electron chi connectivity index (χ0n) is 13.8. The van der Waals surface area contributed by atoms with E-state index in [-0.39, 0.29) is 35.8 Å². The molecule has 0 amide bonds. The molecule has 7 nitrogen and oxygen atoms in total. The minimum atomic E-state index is -3.27. The van der Waals surface area contributed by atoms with Crippen molar-refractivity contribution in [3.63, 3.8) is 0 Å². The molecule has 9 heteroatoms. The van der Waals surface area contributed by atoms with Crippen molar-refractivity contribution in [3.8, 4) is 0 Å². The summed E-state index contributed by atoms with van der Waals surface area (Å²) in [5.41, 5.74) is 0. The van der Waals surface area contributed by atoms with Gasteiger partial charge in [-0.3, -0.25) is 4.99 Å². The van der Waals surface area contributed by atoms with E-state index in [0.717, 1.165) is 44.9 Å². The minimum Gasteiger partial charge on any atom is -0.377 e. The van der Waals surface area contributed by atoms with Crippen molar-refractivity contribution in [1.29, 1.82) is 0 Å². The summed E-state index contributed by atoms with van der Waals surface area (Å²) in [6.45, 7) is 3.46. The summed E-state index contributed by atoms with van der Waals surface area (Å²) in [6.07, 6.45) is 5.48. The third-order valence-electron chi connectivity index (χ3n) is 4.08. The maximum Gasteiger partial charge on any atom is 0.213 e. The number of sulfonamides is 1. The molecule has 0 aromatic carbocycles. The van der Waals surface area contributed by atoms with Crippen LogP contribution in [-0.4, -0.2) is 71.0 Å². The Morgan fingerprint density at radius 1 is 1.26 bits per heavy atom. The van der Waals surface area contributed by atoms with Crippen LogP contribution in [0.15, 0.2) is 4.99 Å². The molecule has 0 radical (unpaired) electrons. The zero-order valence-corrected chi connectivity index (χ0v) is 16.9. The van der Waals surface area contributed by atoms with Gasteiger partial charge in [0, 0.05) is 39.8 Å². The monoisotopic (exact) mass is 460 g/mol. The summed E-state index contributed by atoms with van der Waals surface area (Å²) in [4.78, 5) is 6.37. The van der Waals surface area contributed by atoms with Crippen molar-refractivity contribution >= 4 is 40.0 Å². The lowest BCUT2D eigenvalue weighted by Gasteiger charge is -2.23. The predicted molar refractivity (Wildman–Crippen MR) is 103 cm³/mol. The first-order chi connectivity index (χ1) is 10.6. The number of likely N-dealkylation sites (tertiary alicyclic amines) is 1. The van der Waals surface area contributed by atoms with E-state index in [9.17, 15) is 8.42 Å². The van der Waals surface area contributed by atoms with Crippen LogP contribution in [0.4, 0.5) is 0 Å². The summed E-state index contributed by atoms with van der Waals surface area (Å²) in [5, 5.41) is 3.13. The van der Waals surface area contributed by atoms with Gasteiger partial charge < -0.3 is 15.0 Å². The molecule has 0 aromatic heterocycles. The van der Waals surface area contributed by atoms with E-state index in [4.69, 9.17) is 4.74 Å². The second kappa shape index (κ2) is 10.7. The molecular formula is C14H29IN4O3S. The molecule has 0 saturated carbocycles. The van der Waals surface area contributed by atoms with Gasteiger partial charge in [0.05, 0.1) is 11.9 Å². The number of guanidine groups is 1. The Balaban J connectivity index is 0.00000264. The van der Waals surface area contributed by atoms with Crippen LogP contribution in [0.2, 0.25) is 0 Å². The summed E-state index contributed by atoms with van der Waals surface area (Å²) in [6, 6.07) is 0. The van der Waals surface area contributed by atoms with Crippen molar-refractivity contribution in [1.82, 2.24) is 14.9 Å². The number of nitrogens with zero attached hydrogens (tertiary/aromatic N) is 2. The highest BCUT2D eigenvalue weighted by Crippen LogP contribution is 2.11. The van der Waals surface area contributed by atoms with Crippen LogP contribution in [0.25, 0.3) is 0 Å². The number of halogens is 1. The minimum absolute atomic E-state index is 0. The van der Waals surface area contributed by atoms with Crippen molar-refractivity contribution in [2.75, 3.05) is 45.6 Å². The first kappa shape index (κ1) is 20.9. The van der Waals surface area contributed by atoms with Crippen LogP contribution >= 0.6 is 24.0 Å². The van der Waals surface area contributed by atoms with E-state index in [1.54, 1.807) is 7.05 Å². The van der Waals surface area contributed by atoms with Gasteiger partial charge in [-0.2, -0.15) is 0 Å². The summed E-state index contributed by atoms with van der Waals surface area (Å²) in [7, 11) is -1.54. The summed E-state index contributed by atoms with van der Waals surface area (Å²) < 4.78 is 32.2. The Morgan fingerprint density at radius 2 is 2.00 bits per heavy atom. The predicted octanol–water partition coefficient (Wildman–Crippen LogP) is 0.764. The van der Waals surface area contributed by atoms with Crippen LogP contribution in [0.1, 0.15) is 32.1 Å². The van der Waals surface area contributed by atoms with Crippen LogP contribution in [-0.2, 0) is 14.8 Å². The van der Waals surface area contributed by atoms with Gasteiger partial charge in [0.15, 0.2) is 5.96 Å². The maximum absolute atomic E-state index is 12.0. The fourth-order valence-electron chi connectivity index (χ4n) is 2.82. The van der Waals surface area contributed by atoms with E-state index < -0.39 is 10.0 Å². The molecule has 2 aliphatic rings. The van der Waals surface area contributed by atoms with Gasteiger partial charge in [-0.05, 0) is 32.1 Å². The average molecular weight is 460 g/mol. The number of ether oxygens (including phenoxy) is 1. The zero-order chi connectivity index (χ0) is 15.8. The van der Waals surface area contributed by atoms with E-state index in [1.165, 1.54) is 12.8 Å². The first-order valence-electron chi connectivity index (χ1n) is 8.15. The van der Waals surface area contributed by atoms with Gasteiger partial charge >= 0.3 is 0 Å². The molecule has 2 heterocycles. The third kappa shape index (κ3) is 7.53. The van der Waals surface area contributed by atoms with Crippen molar-refractivity contribution < 1.29 is 13.2 Å². The molecule has 23 heavy (non-hydrogen) atoms. The van der Waals surface area contributed by atoms with Gasteiger partial charge in [-0.1, -0.05) is 0 Å². The largest absolute Gasteiger partial charge is 0.377 e. The van der Waals surface area contributed by atoms with E-state index in [2.05, 4.69) is 19.9 Å². The number of nitrogens with one attached hydrogen (secondary N) is 2. The molecule has 136 valence electrons. The van der Waals surface area contributed by atoms with Crippen molar-refractivity contribution in [3.05, 3.63) is 0 Å². The van der Waals surface area contributed by atoms with E-state index >= 15 is 0 Å². The fourth-order valence-corrected chi connectivity index (χ4v) is 3.77. The van der Waals surface area contributed by atoms with Gasteiger partial charge in [-0.15, -0.1) is 24.0 Å². The van der Waals surface area contributed by atoms with Gasteiger partial charge in [0.25, 0.3) is 0 Å². The molecule has 2 aliphatic heterocycles. The van der Waals surface area contributed by atoms with E-state index in [1.807, 2.05) is 0 Å². The molecule has 1 atom stereocenters. The maximum atomic E-state index is 12.0. The quantitative estimate of drug-likeness (QED) is 0.348. The average Bonchev–Trinajstić information content (AvgIpc) is 3.05. The summed E-state index contributed by atoms with van der Waals surface area (Å²) in [5.74, 6) is 0.843.